The minimum Gasteiger partial charge on any atom is -0.368 e. The number of aromatic amines is 1. The molecule has 1 aromatic rings. The number of nitrogen functional groups attached to an aromatic ring is 1. The van der Waals surface area contributed by atoms with E-state index < -0.39 is 0 Å². The van der Waals surface area contributed by atoms with E-state index in [0.29, 0.717) is 28.8 Å². The van der Waals surface area contributed by atoms with Crippen molar-refractivity contribution in [3.8, 4) is 0 Å². The predicted octanol–water partition coefficient (Wildman–Crippen LogP) is 2.40. The third-order valence-corrected chi connectivity index (χ3v) is 3.39. The van der Waals surface area contributed by atoms with Gasteiger partial charge in [0.15, 0.2) is 0 Å². The van der Waals surface area contributed by atoms with Gasteiger partial charge in [0.05, 0.1) is 0 Å². The minimum atomic E-state index is 0.362. The second kappa shape index (κ2) is 3.89. The largest absolute Gasteiger partial charge is 0.368 e. The molecule has 96 valence electrons. The van der Waals surface area contributed by atoms with E-state index in [-0.39, 0.29) is 0 Å². The van der Waals surface area contributed by atoms with Gasteiger partial charge in [0, 0.05) is 6.04 Å². The molecule has 1 saturated carbocycles. The molecule has 1 aliphatic carbocycles. The molecule has 5 nitrogen and oxygen atoms in total. The van der Waals surface area contributed by atoms with Crippen molar-refractivity contribution in [3.63, 3.8) is 0 Å². The van der Waals surface area contributed by atoms with Crippen molar-refractivity contribution in [1.82, 2.24) is 15.2 Å². The first kappa shape index (κ1) is 12.2. The smallest absolute Gasteiger partial charge is 0.243 e. The molecule has 0 atom stereocenters. The van der Waals surface area contributed by atoms with Gasteiger partial charge in [0.2, 0.25) is 11.9 Å². The van der Waals surface area contributed by atoms with E-state index in [2.05, 4.69) is 48.2 Å². The average molecular weight is 237 g/mol. The average Bonchev–Trinajstić information content (AvgIpc) is 2.44. The Hall–Kier alpha value is -1.26. The number of nitrogens with two attached hydrogens (primary N) is 1. The summed E-state index contributed by atoms with van der Waals surface area (Å²) in [5.74, 6) is 0.975. The van der Waals surface area contributed by atoms with Crippen molar-refractivity contribution in [3.05, 3.63) is 0 Å². The van der Waals surface area contributed by atoms with Crippen molar-refractivity contribution in [2.45, 2.75) is 53.0 Å². The quantitative estimate of drug-likeness (QED) is 0.738. The fraction of sp³-hybridized carbons (Fsp3) is 0.833. The van der Waals surface area contributed by atoms with Crippen molar-refractivity contribution in [1.29, 1.82) is 0 Å². The Morgan fingerprint density at radius 3 is 2.29 bits per heavy atom. The summed E-state index contributed by atoms with van der Waals surface area (Å²) in [7, 11) is 0. The summed E-state index contributed by atoms with van der Waals surface area (Å²) >= 11 is 0. The molecule has 0 unspecified atom stereocenters. The number of anilines is 2. The Morgan fingerprint density at radius 1 is 1.24 bits per heavy atom. The fourth-order valence-corrected chi connectivity index (χ4v) is 3.47. The Labute approximate surface area is 103 Å². The molecule has 4 N–H and O–H groups in total. The van der Waals surface area contributed by atoms with Gasteiger partial charge in [-0.15, -0.1) is 5.10 Å². The van der Waals surface area contributed by atoms with Crippen LogP contribution in [0.2, 0.25) is 0 Å². The molecule has 1 fully saturated rings. The highest BCUT2D eigenvalue weighted by atomic mass is 15.3. The van der Waals surface area contributed by atoms with Crippen LogP contribution in [0.5, 0.6) is 0 Å². The molecule has 0 spiro atoms. The number of rotatable bonds is 2. The summed E-state index contributed by atoms with van der Waals surface area (Å²) in [5.41, 5.74) is 6.25. The minimum absolute atomic E-state index is 0.362. The predicted molar refractivity (Wildman–Crippen MR) is 69.6 cm³/mol. The third kappa shape index (κ3) is 3.11. The summed E-state index contributed by atoms with van der Waals surface area (Å²) in [6.07, 6.45) is 3.55. The van der Waals surface area contributed by atoms with Gasteiger partial charge in [-0.25, -0.2) is 5.10 Å². The number of hydrogen-bond donors (Lipinski definition) is 3. The molecule has 0 amide bonds. The van der Waals surface area contributed by atoms with Crippen molar-refractivity contribution >= 4 is 11.9 Å². The lowest BCUT2D eigenvalue weighted by Crippen LogP contribution is -2.40. The van der Waals surface area contributed by atoms with Crippen LogP contribution >= 0.6 is 0 Å². The van der Waals surface area contributed by atoms with Crippen LogP contribution in [-0.2, 0) is 0 Å². The summed E-state index contributed by atoms with van der Waals surface area (Å²) in [5, 5.41) is 10.1. The summed E-state index contributed by atoms with van der Waals surface area (Å²) in [6, 6.07) is 0.420. The van der Waals surface area contributed by atoms with Gasteiger partial charge in [0.1, 0.15) is 0 Å². The SMILES string of the molecule is CC1(C)CC(Nc2n[nH]c(N)n2)CC(C)(C)C1. The van der Waals surface area contributed by atoms with Gasteiger partial charge in [0.25, 0.3) is 0 Å². The monoisotopic (exact) mass is 237 g/mol. The van der Waals surface area contributed by atoms with Crippen LogP contribution in [0.4, 0.5) is 11.9 Å². The Kier molecular flexibility index (Phi) is 2.79. The molecular weight excluding hydrogens is 214 g/mol. The normalized spacial score (nSPS) is 23.5. The Balaban J connectivity index is 2.06. The van der Waals surface area contributed by atoms with Gasteiger partial charge in [-0.05, 0) is 30.1 Å². The molecule has 0 radical (unpaired) electrons. The van der Waals surface area contributed by atoms with Gasteiger partial charge in [-0.3, -0.25) is 0 Å². The van der Waals surface area contributed by atoms with Crippen LogP contribution in [0.3, 0.4) is 0 Å². The summed E-state index contributed by atoms with van der Waals surface area (Å²) in [6.45, 7) is 9.31. The van der Waals surface area contributed by atoms with E-state index in [0.717, 1.165) is 12.8 Å². The highest BCUT2D eigenvalue weighted by Crippen LogP contribution is 2.46. The Bertz CT molecular complexity index is 377. The van der Waals surface area contributed by atoms with Crippen LogP contribution < -0.4 is 11.1 Å². The number of nitrogens with one attached hydrogen (secondary N) is 2. The third-order valence-electron chi connectivity index (χ3n) is 3.39. The first-order chi connectivity index (χ1) is 7.76. The van der Waals surface area contributed by atoms with Crippen LogP contribution in [0.1, 0.15) is 47.0 Å². The first-order valence-corrected chi connectivity index (χ1v) is 6.20. The maximum absolute atomic E-state index is 5.52. The molecule has 0 aromatic carbocycles. The maximum Gasteiger partial charge on any atom is 0.243 e. The lowest BCUT2D eigenvalue weighted by Gasteiger charge is -2.45. The number of nitrogens with zero attached hydrogens (tertiary/aromatic N) is 2. The zero-order chi connectivity index (χ0) is 12.7. The zero-order valence-corrected chi connectivity index (χ0v) is 11.2. The van der Waals surface area contributed by atoms with E-state index in [4.69, 9.17) is 5.73 Å². The second-order valence-corrected chi connectivity index (χ2v) is 6.80. The van der Waals surface area contributed by atoms with Crippen molar-refractivity contribution < 1.29 is 0 Å². The van der Waals surface area contributed by atoms with Crippen LogP contribution in [0.15, 0.2) is 0 Å². The fourth-order valence-electron chi connectivity index (χ4n) is 3.47. The van der Waals surface area contributed by atoms with E-state index in [1.165, 1.54) is 6.42 Å². The van der Waals surface area contributed by atoms with E-state index in [9.17, 15) is 0 Å². The van der Waals surface area contributed by atoms with Crippen LogP contribution in [0, 0.1) is 10.8 Å². The van der Waals surface area contributed by atoms with Gasteiger partial charge < -0.3 is 11.1 Å². The molecule has 1 heterocycles. The first-order valence-electron chi connectivity index (χ1n) is 6.20. The zero-order valence-electron chi connectivity index (χ0n) is 11.2. The van der Waals surface area contributed by atoms with Crippen LogP contribution in [0.25, 0.3) is 0 Å². The number of H-pyrrole nitrogens is 1. The summed E-state index contributed by atoms with van der Waals surface area (Å²) < 4.78 is 0. The number of hydrogen-bond acceptors (Lipinski definition) is 4. The van der Waals surface area contributed by atoms with Crippen LogP contribution in [-0.4, -0.2) is 21.2 Å². The molecule has 0 saturated heterocycles. The lowest BCUT2D eigenvalue weighted by atomic mass is 9.63. The molecule has 0 aliphatic heterocycles. The molecule has 0 bridgehead atoms. The van der Waals surface area contributed by atoms with Crippen molar-refractivity contribution in [2.24, 2.45) is 10.8 Å². The van der Waals surface area contributed by atoms with Gasteiger partial charge >= 0.3 is 0 Å². The second-order valence-electron chi connectivity index (χ2n) is 6.80. The topological polar surface area (TPSA) is 79.6 Å². The molecule has 2 rings (SSSR count). The molecule has 5 heteroatoms. The van der Waals surface area contributed by atoms with Gasteiger partial charge in [-0.2, -0.15) is 4.98 Å². The molecule has 17 heavy (non-hydrogen) atoms. The molecule has 1 aromatic heterocycles. The van der Waals surface area contributed by atoms with E-state index >= 15 is 0 Å². The number of aromatic nitrogens is 3. The lowest BCUT2D eigenvalue weighted by molar-refractivity contribution is 0.105. The van der Waals surface area contributed by atoms with Crippen molar-refractivity contribution in [2.75, 3.05) is 11.1 Å². The van der Waals surface area contributed by atoms with E-state index in [1.54, 1.807) is 0 Å². The standard InChI is InChI=1S/C12H23N5/c1-11(2)5-8(6-12(3,4)7-11)14-10-15-9(13)16-17-10/h8H,5-7H2,1-4H3,(H4,13,14,15,16,17). The maximum atomic E-state index is 5.52. The molecular formula is C12H23N5. The highest BCUT2D eigenvalue weighted by molar-refractivity contribution is 5.31. The molecule has 1 aliphatic rings. The van der Waals surface area contributed by atoms with Gasteiger partial charge in [-0.1, -0.05) is 27.7 Å². The van der Waals surface area contributed by atoms with E-state index in [1.807, 2.05) is 0 Å². The Morgan fingerprint density at radius 2 is 1.82 bits per heavy atom. The highest BCUT2D eigenvalue weighted by Gasteiger charge is 2.38. The summed E-state index contributed by atoms with van der Waals surface area (Å²) in [4.78, 5) is 4.10.